The number of piperazine rings is 1. The number of anilines is 1. The highest BCUT2D eigenvalue weighted by Crippen LogP contribution is 2.39. The number of nitrogens with zero attached hydrogens (tertiary/aromatic N) is 2. The second-order valence-electron chi connectivity index (χ2n) is 7.06. The maximum atomic E-state index is 11.1. The molecule has 1 fully saturated rings. The summed E-state index contributed by atoms with van der Waals surface area (Å²) in [4.78, 5) is 24.8. The lowest BCUT2D eigenvalue weighted by atomic mass is 10.2. The van der Waals surface area contributed by atoms with Crippen LogP contribution in [0, 0.1) is 13.8 Å². The maximum absolute atomic E-state index is 11.1. The van der Waals surface area contributed by atoms with E-state index in [1.54, 1.807) is 18.7 Å². The average molecular weight is 422 g/mol. The molecule has 1 aliphatic rings. The number of phosphoric ester groups is 1. The monoisotopic (exact) mass is 422 g/mol. The van der Waals surface area contributed by atoms with Gasteiger partial charge in [0.15, 0.2) is 0 Å². The number of phosphoric acid groups is 1. The van der Waals surface area contributed by atoms with E-state index in [4.69, 9.17) is 14.3 Å². The summed E-state index contributed by atoms with van der Waals surface area (Å²) >= 11 is 1.78. The molecule has 152 valence electrons. The van der Waals surface area contributed by atoms with Crippen LogP contribution in [0.25, 0.3) is 0 Å². The van der Waals surface area contributed by atoms with Crippen LogP contribution in [0.1, 0.15) is 18.1 Å². The Morgan fingerprint density at radius 3 is 2.36 bits per heavy atom. The van der Waals surface area contributed by atoms with Crippen molar-refractivity contribution in [2.75, 3.05) is 31.1 Å². The van der Waals surface area contributed by atoms with Gasteiger partial charge in [-0.3, -0.25) is 9.42 Å². The van der Waals surface area contributed by atoms with E-state index < -0.39 is 14.1 Å². The molecule has 28 heavy (non-hydrogen) atoms. The predicted molar refractivity (Wildman–Crippen MR) is 113 cm³/mol. The highest BCUT2D eigenvalue weighted by Gasteiger charge is 2.27. The van der Waals surface area contributed by atoms with Gasteiger partial charge in [-0.25, -0.2) is 4.57 Å². The molecule has 2 aromatic rings. The van der Waals surface area contributed by atoms with E-state index in [0.717, 1.165) is 13.1 Å². The number of hydrogen-bond donors (Lipinski definition) is 2. The average Bonchev–Trinajstić information content (AvgIpc) is 2.63. The fourth-order valence-electron chi connectivity index (χ4n) is 3.43. The highest BCUT2D eigenvalue weighted by atomic mass is 32.2. The zero-order valence-corrected chi connectivity index (χ0v) is 18.1. The number of rotatable bonds is 6. The molecule has 2 aromatic carbocycles. The lowest BCUT2D eigenvalue weighted by Crippen LogP contribution is -2.50. The molecule has 0 aliphatic carbocycles. The van der Waals surface area contributed by atoms with Crippen molar-refractivity contribution in [3.8, 4) is 0 Å². The quantitative estimate of drug-likeness (QED) is 0.681. The van der Waals surface area contributed by atoms with Crippen LogP contribution in [0.3, 0.4) is 0 Å². The maximum Gasteiger partial charge on any atom is 0.471 e. The highest BCUT2D eigenvalue weighted by molar-refractivity contribution is 7.99. The Hall–Kier alpha value is -1.34. The number of para-hydroxylation sites is 1. The molecule has 0 saturated carbocycles. The summed E-state index contributed by atoms with van der Waals surface area (Å²) in [5.74, 6) is 0. The minimum atomic E-state index is -4.48. The van der Waals surface area contributed by atoms with E-state index in [1.807, 2.05) is 11.0 Å². The molecule has 1 atom stereocenters. The second-order valence-corrected chi connectivity index (χ2v) is 9.33. The molecule has 8 heteroatoms. The van der Waals surface area contributed by atoms with Crippen LogP contribution in [0.5, 0.6) is 0 Å². The van der Waals surface area contributed by atoms with Crippen LogP contribution in [0.15, 0.2) is 52.3 Å². The van der Waals surface area contributed by atoms with E-state index in [2.05, 4.69) is 55.1 Å². The molecule has 6 nitrogen and oxygen atoms in total. The van der Waals surface area contributed by atoms with E-state index >= 15 is 0 Å². The first-order valence-electron chi connectivity index (χ1n) is 9.30. The molecule has 1 aliphatic heterocycles. The third-order valence-corrected chi connectivity index (χ3v) is 6.70. The van der Waals surface area contributed by atoms with Crippen molar-refractivity contribution in [1.82, 2.24) is 4.90 Å². The predicted octanol–water partition coefficient (Wildman–Crippen LogP) is 4.03. The summed E-state index contributed by atoms with van der Waals surface area (Å²) in [5, 5.41) is 0. The number of aryl methyl sites for hydroxylation is 2. The van der Waals surface area contributed by atoms with Crippen molar-refractivity contribution in [2.24, 2.45) is 0 Å². The third-order valence-electron chi connectivity index (χ3n) is 4.87. The van der Waals surface area contributed by atoms with Gasteiger partial charge in [-0.2, -0.15) is 0 Å². The van der Waals surface area contributed by atoms with Crippen molar-refractivity contribution < 1.29 is 18.9 Å². The molecular weight excluding hydrogens is 395 g/mol. The molecule has 1 heterocycles. The zero-order chi connectivity index (χ0) is 20.3. The minimum Gasteiger partial charge on any atom is -0.368 e. The van der Waals surface area contributed by atoms with E-state index in [-0.39, 0.29) is 0 Å². The summed E-state index contributed by atoms with van der Waals surface area (Å²) < 4.78 is 15.9. The van der Waals surface area contributed by atoms with Gasteiger partial charge in [0, 0.05) is 36.0 Å². The van der Waals surface area contributed by atoms with Gasteiger partial charge in [0.1, 0.15) is 6.23 Å². The van der Waals surface area contributed by atoms with E-state index in [9.17, 15) is 4.57 Å². The topological polar surface area (TPSA) is 73.2 Å². The van der Waals surface area contributed by atoms with Gasteiger partial charge in [0.2, 0.25) is 0 Å². The third kappa shape index (κ3) is 5.60. The van der Waals surface area contributed by atoms with Gasteiger partial charge >= 0.3 is 7.82 Å². The largest absolute Gasteiger partial charge is 0.471 e. The van der Waals surface area contributed by atoms with Crippen molar-refractivity contribution in [3.63, 3.8) is 0 Å². The Kier molecular flexibility index (Phi) is 6.86. The Balaban J connectivity index is 1.69. The summed E-state index contributed by atoms with van der Waals surface area (Å²) in [6.07, 6.45) is -0.609. The van der Waals surface area contributed by atoms with Crippen LogP contribution in [-0.4, -0.2) is 47.1 Å². The number of benzene rings is 2. The fourth-order valence-corrected chi connectivity index (χ4v) is 5.00. The first kappa shape index (κ1) is 21.4. The molecule has 0 aromatic heterocycles. The van der Waals surface area contributed by atoms with Gasteiger partial charge in [-0.15, -0.1) is 0 Å². The summed E-state index contributed by atoms with van der Waals surface area (Å²) in [5.41, 5.74) is 3.72. The summed E-state index contributed by atoms with van der Waals surface area (Å²) in [6, 6.07) is 14.9. The molecule has 1 saturated heterocycles. The van der Waals surface area contributed by atoms with E-state index in [0.29, 0.717) is 13.1 Å². The van der Waals surface area contributed by atoms with Crippen molar-refractivity contribution in [1.29, 1.82) is 0 Å². The van der Waals surface area contributed by atoms with Crippen LogP contribution >= 0.6 is 19.6 Å². The van der Waals surface area contributed by atoms with Gasteiger partial charge in [0.05, 0.1) is 5.69 Å². The van der Waals surface area contributed by atoms with Crippen molar-refractivity contribution in [3.05, 3.63) is 53.6 Å². The lowest BCUT2D eigenvalue weighted by molar-refractivity contribution is 0.0129. The van der Waals surface area contributed by atoms with Gasteiger partial charge in [-0.1, -0.05) is 41.6 Å². The van der Waals surface area contributed by atoms with Gasteiger partial charge in [-0.05, 0) is 44.5 Å². The Morgan fingerprint density at radius 1 is 1.04 bits per heavy atom. The van der Waals surface area contributed by atoms with Crippen LogP contribution < -0.4 is 4.90 Å². The molecule has 3 rings (SSSR count). The Morgan fingerprint density at radius 2 is 1.71 bits per heavy atom. The first-order chi connectivity index (χ1) is 13.2. The first-order valence-corrected chi connectivity index (χ1v) is 11.6. The normalized spacial score (nSPS) is 17.0. The molecule has 0 spiro atoms. The van der Waals surface area contributed by atoms with E-state index in [1.165, 1.54) is 26.6 Å². The molecule has 2 N–H and O–H groups in total. The number of hydrogen-bond acceptors (Lipinski definition) is 5. The van der Waals surface area contributed by atoms with Crippen molar-refractivity contribution >= 4 is 25.3 Å². The van der Waals surface area contributed by atoms with Crippen molar-refractivity contribution in [2.45, 2.75) is 36.8 Å². The summed E-state index contributed by atoms with van der Waals surface area (Å²) in [7, 11) is -4.48. The van der Waals surface area contributed by atoms with Crippen LogP contribution in [0.4, 0.5) is 5.69 Å². The Labute approximate surface area is 170 Å². The smallest absolute Gasteiger partial charge is 0.368 e. The molecule has 0 radical (unpaired) electrons. The SMILES string of the molecule is Cc1ccc(Sc2ccccc2N2CCN(C(C)OP(=O)(O)O)CC2)c(C)c1. The zero-order valence-electron chi connectivity index (χ0n) is 16.4. The van der Waals surface area contributed by atoms with Crippen LogP contribution in [0.2, 0.25) is 0 Å². The van der Waals surface area contributed by atoms with Gasteiger partial charge < -0.3 is 14.7 Å². The standard InChI is InChI=1S/C20H27N2O4PS/c1-15-8-9-19(16(2)14-15)28-20-7-5-4-6-18(20)22-12-10-21(11-13-22)17(3)26-27(23,24)25/h4-9,14,17H,10-13H2,1-3H3,(H2,23,24,25). The second kappa shape index (κ2) is 8.99. The fraction of sp³-hybridized carbons (Fsp3) is 0.400. The van der Waals surface area contributed by atoms with Gasteiger partial charge in [0.25, 0.3) is 0 Å². The molecule has 0 amide bonds. The van der Waals surface area contributed by atoms with Crippen LogP contribution in [-0.2, 0) is 9.09 Å². The minimum absolute atomic E-state index is 0.609. The molecule has 1 unspecified atom stereocenters. The lowest BCUT2D eigenvalue weighted by Gasteiger charge is -2.39. The molecular formula is C20H27N2O4PS. The Bertz CT molecular complexity index is 865. The summed E-state index contributed by atoms with van der Waals surface area (Å²) in [6.45, 7) is 8.84. The molecule has 0 bridgehead atoms.